The Kier molecular flexibility index (Phi) is 10.2. The molecule has 2 unspecified atom stereocenters. The standard InChI is InChI=1S/C16H20N4O3S.C6H4ClF.CH2O2/c1-22-16(21)12-6-18-14(15-17-4-5-24-15)19-13(12)7-20-10-2-3-11(20)9-23-8-10;7-5-2-1-3-6(8)4-5;2-1-3/h4-5,10-11H,2-3,6-9H2,1H3,(H,18,19);1-4H;1H,(H,2,3). The molecule has 12 heteroatoms. The van der Waals surface area contributed by atoms with Crippen LogP contribution in [0.1, 0.15) is 17.8 Å². The van der Waals surface area contributed by atoms with Gasteiger partial charge in [0.05, 0.1) is 32.4 Å². The van der Waals surface area contributed by atoms with Crippen molar-refractivity contribution >= 4 is 41.2 Å². The van der Waals surface area contributed by atoms with Gasteiger partial charge in [-0.05, 0) is 31.0 Å². The molecule has 0 aliphatic carbocycles. The van der Waals surface area contributed by atoms with Gasteiger partial charge in [-0.1, -0.05) is 17.7 Å². The number of aromatic nitrogens is 1. The maximum atomic E-state index is 12.1. The molecule has 0 spiro atoms. The summed E-state index contributed by atoms with van der Waals surface area (Å²) in [6.07, 6.45) is 4.06. The molecule has 3 aliphatic rings. The molecule has 5 rings (SSSR count). The lowest BCUT2D eigenvalue weighted by atomic mass is 10.1. The van der Waals surface area contributed by atoms with Gasteiger partial charge in [0.25, 0.3) is 6.47 Å². The van der Waals surface area contributed by atoms with Gasteiger partial charge in [0, 0.05) is 40.9 Å². The van der Waals surface area contributed by atoms with Gasteiger partial charge in [0.15, 0.2) is 10.8 Å². The van der Waals surface area contributed by atoms with Crippen LogP contribution in [-0.4, -0.2) is 78.8 Å². The van der Waals surface area contributed by atoms with E-state index in [9.17, 15) is 9.18 Å². The van der Waals surface area contributed by atoms with Crippen molar-refractivity contribution in [3.63, 3.8) is 0 Å². The molecule has 0 radical (unpaired) electrons. The quantitative estimate of drug-likeness (QED) is 0.463. The van der Waals surface area contributed by atoms with Crippen molar-refractivity contribution in [2.75, 3.05) is 33.4 Å². The number of methoxy groups -OCH3 is 1. The summed E-state index contributed by atoms with van der Waals surface area (Å²) in [4.78, 5) is 31.7. The highest BCUT2D eigenvalue weighted by Gasteiger charge is 2.38. The topological polar surface area (TPSA) is 113 Å². The van der Waals surface area contributed by atoms with Crippen LogP contribution in [0, 0.1) is 5.82 Å². The number of ether oxygens (including phenoxy) is 2. The predicted molar refractivity (Wildman–Crippen MR) is 130 cm³/mol. The highest BCUT2D eigenvalue weighted by atomic mass is 35.5. The second-order valence-electron chi connectivity index (χ2n) is 7.72. The average Bonchev–Trinajstić information content (AvgIpc) is 3.45. The minimum absolute atomic E-state index is 0.250. The zero-order chi connectivity index (χ0) is 25.2. The Morgan fingerprint density at radius 2 is 2.11 bits per heavy atom. The second kappa shape index (κ2) is 13.3. The van der Waals surface area contributed by atoms with Gasteiger partial charge in [-0.15, -0.1) is 11.3 Å². The number of carbonyl (C=O) groups is 2. The normalized spacial score (nSPS) is 20.9. The Bertz CT molecular complexity index is 1030. The number of rotatable bonds is 4. The number of nitrogens with zero attached hydrogens (tertiary/aromatic N) is 3. The number of esters is 1. The van der Waals surface area contributed by atoms with Crippen molar-refractivity contribution in [1.82, 2.24) is 15.2 Å². The van der Waals surface area contributed by atoms with Gasteiger partial charge >= 0.3 is 5.97 Å². The van der Waals surface area contributed by atoms with Crippen LogP contribution in [0.5, 0.6) is 0 Å². The van der Waals surface area contributed by atoms with Crippen LogP contribution in [0.2, 0.25) is 5.02 Å². The van der Waals surface area contributed by atoms with Crippen LogP contribution < -0.4 is 5.32 Å². The fraction of sp³-hybridized carbons (Fsp3) is 0.391. The fourth-order valence-electron chi connectivity index (χ4n) is 4.03. The summed E-state index contributed by atoms with van der Waals surface area (Å²) in [7, 11) is 1.41. The number of morpholine rings is 1. The smallest absolute Gasteiger partial charge is 0.337 e. The van der Waals surface area contributed by atoms with Crippen LogP contribution in [-0.2, 0) is 19.1 Å². The molecule has 3 aliphatic heterocycles. The van der Waals surface area contributed by atoms with Crippen molar-refractivity contribution in [1.29, 1.82) is 0 Å². The van der Waals surface area contributed by atoms with E-state index in [4.69, 9.17) is 31.0 Å². The summed E-state index contributed by atoms with van der Waals surface area (Å²) in [6, 6.07) is 6.67. The van der Waals surface area contributed by atoms with Gasteiger partial charge in [-0.3, -0.25) is 14.7 Å². The van der Waals surface area contributed by atoms with Crippen molar-refractivity contribution < 1.29 is 28.6 Å². The number of hydrogen-bond donors (Lipinski definition) is 2. The first-order chi connectivity index (χ1) is 17.0. The van der Waals surface area contributed by atoms with Crippen molar-refractivity contribution in [2.45, 2.75) is 24.9 Å². The monoisotopic (exact) mass is 524 g/mol. The minimum Gasteiger partial charge on any atom is -0.483 e. The Balaban J connectivity index is 0.000000260. The molecule has 35 heavy (non-hydrogen) atoms. The third-order valence-electron chi connectivity index (χ3n) is 5.61. The maximum absolute atomic E-state index is 12.1. The third kappa shape index (κ3) is 7.31. The number of carboxylic acid groups (broad SMARTS) is 1. The van der Waals surface area contributed by atoms with E-state index in [-0.39, 0.29) is 18.3 Å². The molecule has 2 atom stereocenters. The zero-order valence-electron chi connectivity index (χ0n) is 19.0. The number of carbonyl (C=O) groups excluding carboxylic acids is 1. The number of halogens is 2. The minimum atomic E-state index is -0.319. The van der Waals surface area contributed by atoms with Crippen LogP contribution >= 0.6 is 22.9 Å². The molecule has 2 aromatic rings. The van der Waals surface area contributed by atoms with Crippen LogP contribution in [0.3, 0.4) is 0 Å². The molecule has 4 heterocycles. The molecule has 2 bridgehead atoms. The van der Waals surface area contributed by atoms with E-state index in [1.807, 2.05) is 5.38 Å². The predicted octanol–water partition coefficient (Wildman–Crippen LogP) is 2.96. The first-order valence-electron chi connectivity index (χ1n) is 10.8. The molecule has 0 amide bonds. The van der Waals surface area contributed by atoms with E-state index in [0.29, 0.717) is 35.8 Å². The number of aliphatic imine (C=N–C) groups is 1. The van der Waals surface area contributed by atoms with Gasteiger partial charge in [0.2, 0.25) is 0 Å². The number of benzene rings is 1. The van der Waals surface area contributed by atoms with Crippen LogP contribution in [0.4, 0.5) is 4.39 Å². The number of hydrogen-bond acceptors (Lipinski definition) is 9. The maximum Gasteiger partial charge on any atom is 0.337 e. The van der Waals surface area contributed by atoms with Crippen molar-refractivity contribution in [3.05, 3.63) is 63.0 Å². The zero-order valence-corrected chi connectivity index (χ0v) is 20.6. The van der Waals surface area contributed by atoms with Gasteiger partial charge < -0.3 is 19.9 Å². The highest BCUT2D eigenvalue weighted by molar-refractivity contribution is 7.11. The van der Waals surface area contributed by atoms with E-state index >= 15 is 0 Å². The molecular weight excluding hydrogens is 499 g/mol. The number of thiazole rings is 1. The number of amidine groups is 1. The summed E-state index contributed by atoms with van der Waals surface area (Å²) in [5, 5.41) is 13.4. The molecule has 0 saturated carbocycles. The SMILES string of the molecule is COC(=O)C1=C(CN2C3CCC2COC3)NC(c2nccs2)=NC1.Fc1cccc(Cl)c1.O=CO. The largest absolute Gasteiger partial charge is 0.483 e. The summed E-state index contributed by atoms with van der Waals surface area (Å²) < 4.78 is 22.7. The van der Waals surface area contributed by atoms with Crippen LogP contribution in [0.25, 0.3) is 0 Å². The molecular formula is C23H26ClFN4O5S. The Hall–Kier alpha value is -2.86. The van der Waals surface area contributed by atoms with E-state index in [0.717, 1.165) is 42.6 Å². The summed E-state index contributed by atoms with van der Waals surface area (Å²) >= 11 is 6.93. The molecule has 2 N–H and O–H groups in total. The third-order valence-corrected chi connectivity index (χ3v) is 6.63. The first-order valence-corrected chi connectivity index (χ1v) is 12.1. The molecule has 9 nitrogen and oxygen atoms in total. The fourth-order valence-corrected chi connectivity index (χ4v) is 4.81. The van der Waals surface area contributed by atoms with E-state index in [2.05, 4.69) is 20.2 Å². The lowest BCUT2D eigenvalue weighted by molar-refractivity contribution is -0.136. The highest BCUT2D eigenvalue weighted by Crippen LogP contribution is 2.30. The number of nitrogens with one attached hydrogen (secondary N) is 1. The molecule has 2 fully saturated rings. The average molecular weight is 525 g/mol. The first kappa shape index (κ1) is 26.7. The summed E-state index contributed by atoms with van der Waals surface area (Å²) in [5.41, 5.74) is 1.48. The van der Waals surface area contributed by atoms with E-state index in [1.165, 1.54) is 30.6 Å². The molecule has 1 aromatic carbocycles. The van der Waals surface area contributed by atoms with Gasteiger partial charge in [0.1, 0.15) is 5.82 Å². The molecule has 1 aromatic heterocycles. The second-order valence-corrected chi connectivity index (χ2v) is 9.05. The van der Waals surface area contributed by atoms with Crippen molar-refractivity contribution in [3.8, 4) is 0 Å². The Morgan fingerprint density at radius 3 is 2.66 bits per heavy atom. The number of fused-ring (bicyclic) bond motifs is 2. The van der Waals surface area contributed by atoms with E-state index < -0.39 is 0 Å². The lowest BCUT2D eigenvalue weighted by Crippen LogP contribution is -2.49. The molecule has 188 valence electrons. The lowest BCUT2D eigenvalue weighted by Gasteiger charge is -2.36. The summed E-state index contributed by atoms with van der Waals surface area (Å²) in [6.45, 7) is 2.30. The van der Waals surface area contributed by atoms with Crippen molar-refractivity contribution in [2.24, 2.45) is 4.99 Å². The van der Waals surface area contributed by atoms with Gasteiger partial charge in [-0.25, -0.2) is 14.2 Å². The summed E-state index contributed by atoms with van der Waals surface area (Å²) in [5.74, 6) is 0.116. The van der Waals surface area contributed by atoms with Crippen LogP contribution in [0.15, 0.2) is 52.1 Å². The van der Waals surface area contributed by atoms with Gasteiger partial charge in [-0.2, -0.15) is 0 Å². The molecule has 2 saturated heterocycles. The Labute approximate surface area is 211 Å². The van der Waals surface area contributed by atoms with E-state index in [1.54, 1.807) is 18.3 Å². The Morgan fingerprint density at radius 1 is 1.40 bits per heavy atom.